The van der Waals surface area contributed by atoms with Crippen LogP contribution in [0.2, 0.25) is 5.02 Å². The summed E-state index contributed by atoms with van der Waals surface area (Å²) in [6.07, 6.45) is 0.836. The zero-order valence-corrected chi connectivity index (χ0v) is 15.6. The van der Waals surface area contributed by atoms with E-state index in [2.05, 4.69) is 6.07 Å². The number of benzene rings is 2. The Morgan fingerprint density at radius 3 is 2.81 bits per heavy atom. The van der Waals surface area contributed by atoms with E-state index in [4.69, 9.17) is 20.8 Å². The molecule has 1 aromatic heterocycles. The molecule has 27 heavy (non-hydrogen) atoms. The third-order valence-electron chi connectivity index (χ3n) is 4.84. The van der Waals surface area contributed by atoms with Crippen LogP contribution in [0.15, 0.2) is 51.7 Å². The van der Waals surface area contributed by atoms with Gasteiger partial charge in [-0.25, -0.2) is 4.79 Å². The maximum absolute atomic E-state index is 12.5. The first-order valence-electron chi connectivity index (χ1n) is 8.72. The minimum Gasteiger partial charge on any atom is -0.482 e. The molecule has 0 atom stereocenters. The Bertz CT molecular complexity index is 1090. The summed E-state index contributed by atoms with van der Waals surface area (Å²) >= 11 is 6.28. The lowest BCUT2D eigenvalue weighted by molar-refractivity contribution is -0.134. The van der Waals surface area contributed by atoms with E-state index in [1.807, 2.05) is 25.1 Å². The molecule has 2 heterocycles. The van der Waals surface area contributed by atoms with Crippen LogP contribution in [0.4, 0.5) is 0 Å². The van der Waals surface area contributed by atoms with Crippen LogP contribution in [-0.4, -0.2) is 24.0 Å². The van der Waals surface area contributed by atoms with Gasteiger partial charge in [0.05, 0.1) is 5.02 Å². The summed E-state index contributed by atoms with van der Waals surface area (Å²) in [5, 5.41) is 1.11. The van der Waals surface area contributed by atoms with Crippen molar-refractivity contribution in [2.45, 2.75) is 19.9 Å². The maximum atomic E-state index is 12.5. The lowest BCUT2D eigenvalue weighted by atomic mass is 10.00. The Morgan fingerprint density at radius 1 is 1.22 bits per heavy atom. The number of halogens is 1. The number of nitrogens with zero attached hydrogens (tertiary/aromatic N) is 1. The first kappa shape index (κ1) is 17.6. The number of carbonyl (C=O) groups excluding carboxylic acids is 1. The van der Waals surface area contributed by atoms with Crippen LogP contribution < -0.4 is 10.4 Å². The van der Waals surface area contributed by atoms with E-state index in [9.17, 15) is 9.59 Å². The molecule has 0 radical (unpaired) electrons. The molecule has 2 aromatic carbocycles. The highest BCUT2D eigenvalue weighted by molar-refractivity contribution is 6.32. The molecule has 3 aromatic rings. The molecule has 138 valence electrons. The van der Waals surface area contributed by atoms with Crippen molar-refractivity contribution in [3.05, 3.63) is 74.6 Å². The third kappa shape index (κ3) is 3.55. The van der Waals surface area contributed by atoms with E-state index < -0.39 is 5.63 Å². The molecule has 5 nitrogen and oxygen atoms in total. The summed E-state index contributed by atoms with van der Waals surface area (Å²) in [5.41, 5.74) is 3.18. The van der Waals surface area contributed by atoms with Gasteiger partial charge in [-0.1, -0.05) is 35.9 Å². The molecule has 0 saturated carbocycles. The second-order valence-electron chi connectivity index (χ2n) is 6.65. The summed E-state index contributed by atoms with van der Waals surface area (Å²) in [7, 11) is 0. The molecule has 0 aliphatic carbocycles. The summed E-state index contributed by atoms with van der Waals surface area (Å²) in [5.74, 6) is 0.218. The van der Waals surface area contributed by atoms with Gasteiger partial charge < -0.3 is 14.1 Å². The van der Waals surface area contributed by atoms with E-state index in [-0.39, 0.29) is 12.5 Å². The molecule has 6 heteroatoms. The van der Waals surface area contributed by atoms with E-state index in [0.29, 0.717) is 29.4 Å². The second kappa shape index (κ2) is 7.08. The number of amides is 1. The van der Waals surface area contributed by atoms with Gasteiger partial charge in [0.25, 0.3) is 5.91 Å². The molecule has 1 amide bonds. The van der Waals surface area contributed by atoms with Crippen LogP contribution in [0.25, 0.3) is 11.0 Å². The van der Waals surface area contributed by atoms with Crippen LogP contribution in [0.3, 0.4) is 0 Å². The normalized spacial score (nSPS) is 13.5. The fourth-order valence-corrected chi connectivity index (χ4v) is 3.59. The smallest absolute Gasteiger partial charge is 0.336 e. The molecule has 0 bridgehead atoms. The molecular formula is C21H18ClNO4. The van der Waals surface area contributed by atoms with Gasteiger partial charge in [0.15, 0.2) is 6.61 Å². The molecule has 4 rings (SSSR count). The Morgan fingerprint density at radius 2 is 2.00 bits per heavy atom. The van der Waals surface area contributed by atoms with Gasteiger partial charge in [-0.05, 0) is 36.1 Å². The van der Waals surface area contributed by atoms with Crippen molar-refractivity contribution in [1.29, 1.82) is 0 Å². The van der Waals surface area contributed by atoms with Crippen LogP contribution in [0, 0.1) is 6.92 Å². The van der Waals surface area contributed by atoms with Gasteiger partial charge in [-0.2, -0.15) is 0 Å². The fraction of sp³-hybridized carbons (Fsp3) is 0.238. The van der Waals surface area contributed by atoms with Crippen molar-refractivity contribution in [3.63, 3.8) is 0 Å². The topological polar surface area (TPSA) is 59.8 Å². The zero-order valence-electron chi connectivity index (χ0n) is 14.8. The van der Waals surface area contributed by atoms with Crippen LogP contribution in [0.5, 0.6) is 5.75 Å². The third-order valence-corrected chi connectivity index (χ3v) is 5.13. The van der Waals surface area contributed by atoms with E-state index >= 15 is 0 Å². The largest absolute Gasteiger partial charge is 0.482 e. The predicted molar refractivity (Wildman–Crippen MR) is 103 cm³/mol. The Kier molecular flexibility index (Phi) is 4.62. The highest BCUT2D eigenvalue weighted by Gasteiger charge is 2.21. The molecule has 1 aliphatic rings. The van der Waals surface area contributed by atoms with Gasteiger partial charge in [0, 0.05) is 30.6 Å². The van der Waals surface area contributed by atoms with Crippen molar-refractivity contribution >= 4 is 28.5 Å². The number of ether oxygens (including phenoxy) is 1. The highest BCUT2D eigenvalue weighted by atomic mass is 35.5. The van der Waals surface area contributed by atoms with Crippen molar-refractivity contribution in [1.82, 2.24) is 4.90 Å². The highest BCUT2D eigenvalue weighted by Crippen LogP contribution is 2.31. The molecular weight excluding hydrogens is 366 g/mol. The van der Waals surface area contributed by atoms with E-state index in [1.54, 1.807) is 17.0 Å². The summed E-state index contributed by atoms with van der Waals surface area (Å²) in [6, 6.07) is 12.8. The van der Waals surface area contributed by atoms with Gasteiger partial charge in [0.2, 0.25) is 0 Å². The van der Waals surface area contributed by atoms with Gasteiger partial charge in [-0.3, -0.25) is 4.79 Å². The summed E-state index contributed by atoms with van der Waals surface area (Å²) < 4.78 is 10.9. The SMILES string of the molecule is Cc1cc(=O)oc2cc(OCC(=O)N3CCc4ccccc4C3)c(Cl)cc12. The average molecular weight is 384 g/mol. The first-order chi connectivity index (χ1) is 13.0. The quantitative estimate of drug-likeness (QED) is 0.647. The Balaban J connectivity index is 1.49. The minimum absolute atomic E-state index is 0.105. The number of aryl methyl sites for hydroxylation is 1. The standard InChI is InChI=1S/C21H18ClNO4/c1-13-8-21(25)27-18-10-19(17(22)9-16(13)18)26-12-20(24)23-7-6-14-4-2-3-5-15(14)11-23/h2-5,8-10H,6-7,11-12H2,1H3. The summed E-state index contributed by atoms with van der Waals surface area (Å²) in [6.45, 7) is 2.94. The number of rotatable bonds is 3. The fourth-order valence-electron chi connectivity index (χ4n) is 3.37. The Labute approximate surface area is 161 Å². The average Bonchev–Trinajstić information content (AvgIpc) is 2.66. The van der Waals surface area contributed by atoms with E-state index in [1.165, 1.54) is 11.6 Å². The second-order valence-corrected chi connectivity index (χ2v) is 7.06. The number of hydrogen-bond acceptors (Lipinski definition) is 4. The first-order valence-corrected chi connectivity index (χ1v) is 9.10. The number of carbonyl (C=O) groups is 1. The summed E-state index contributed by atoms with van der Waals surface area (Å²) in [4.78, 5) is 25.9. The minimum atomic E-state index is -0.434. The molecule has 0 saturated heterocycles. The van der Waals surface area contributed by atoms with Gasteiger partial charge in [0.1, 0.15) is 11.3 Å². The van der Waals surface area contributed by atoms with Crippen molar-refractivity contribution in [3.8, 4) is 5.75 Å². The van der Waals surface area contributed by atoms with Crippen molar-refractivity contribution in [2.24, 2.45) is 0 Å². The molecule has 0 N–H and O–H groups in total. The lowest BCUT2D eigenvalue weighted by Gasteiger charge is -2.28. The number of hydrogen-bond donors (Lipinski definition) is 0. The maximum Gasteiger partial charge on any atom is 0.336 e. The number of fused-ring (bicyclic) bond motifs is 2. The molecule has 0 fully saturated rings. The van der Waals surface area contributed by atoms with Gasteiger partial charge >= 0.3 is 5.63 Å². The van der Waals surface area contributed by atoms with Crippen molar-refractivity contribution in [2.75, 3.05) is 13.2 Å². The monoisotopic (exact) mass is 383 g/mol. The van der Waals surface area contributed by atoms with Crippen LogP contribution in [-0.2, 0) is 17.8 Å². The van der Waals surface area contributed by atoms with Crippen molar-refractivity contribution < 1.29 is 13.9 Å². The van der Waals surface area contributed by atoms with E-state index in [0.717, 1.165) is 22.9 Å². The van der Waals surface area contributed by atoms with Crippen LogP contribution >= 0.6 is 11.6 Å². The molecule has 0 spiro atoms. The molecule has 1 aliphatic heterocycles. The van der Waals surface area contributed by atoms with Gasteiger partial charge in [-0.15, -0.1) is 0 Å². The Hall–Kier alpha value is -2.79. The zero-order chi connectivity index (χ0) is 19.0. The van der Waals surface area contributed by atoms with Crippen LogP contribution in [0.1, 0.15) is 16.7 Å². The predicted octanol–water partition coefficient (Wildman–Crippen LogP) is 3.72. The lowest BCUT2D eigenvalue weighted by Crippen LogP contribution is -2.38. The molecule has 0 unspecified atom stereocenters.